The molecule has 0 saturated heterocycles. The van der Waals surface area contributed by atoms with Crippen molar-refractivity contribution in [3.63, 3.8) is 0 Å². The van der Waals surface area contributed by atoms with Gasteiger partial charge in [0, 0.05) is 5.56 Å². The van der Waals surface area contributed by atoms with Crippen LogP contribution < -0.4 is 0 Å². The minimum atomic E-state index is -1.46. The molecule has 1 aliphatic carbocycles. The number of hydrogen-bond acceptors (Lipinski definition) is 0. The van der Waals surface area contributed by atoms with Crippen molar-refractivity contribution in [2.24, 2.45) is 5.92 Å². The van der Waals surface area contributed by atoms with E-state index >= 15 is 0 Å². The molecule has 0 aromatic heterocycles. The zero-order valence-corrected chi connectivity index (χ0v) is 16.2. The van der Waals surface area contributed by atoms with Gasteiger partial charge in [-0.1, -0.05) is 55.5 Å². The zero-order chi connectivity index (χ0) is 19.9. The second kappa shape index (κ2) is 9.64. The number of hydrogen-bond donors (Lipinski definition) is 0. The second-order valence-electron chi connectivity index (χ2n) is 7.49. The highest BCUT2D eigenvalue weighted by Crippen LogP contribution is 2.36. The average molecular weight is 382 g/mol. The smallest absolute Gasteiger partial charge is 0.194 e. The Labute approximate surface area is 165 Å². The number of halogens is 3. The molecule has 1 saturated carbocycles. The van der Waals surface area contributed by atoms with Gasteiger partial charge in [0.25, 0.3) is 0 Å². The van der Waals surface area contributed by atoms with Crippen molar-refractivity contribution >= 4 is 0 Å². The predicted octanol–water partition coefficient (Wildman–Crippen LogP) is 6.94. The van der Waals surface area contributed by atoms with Gasteiger partial charge < -0.3 is 0 Å². The van der Waals surface area contributed by atoms with E-state index in [2.05, 4.69) is 49.1 Å². The summed E-state index contributed by atoms with van der Waals surface area (Å²) in [5, 5.41) is 0. The van der Waals surface area contributed by atoms with E-state index < -0.39 is 17.5 Å². The van der Waals surface area contributed by atoms with E-state index in [-0.39, 0.29) is 5.56 Å². The fourth-order valence-electron chi connectivity index (χ4n) is 3.83. The molecule has 0 nitrogen and oxygen atoms in total. The molecule has 0 unspecified atom stereocenters. The molecule has 2 aromatic carbocycles. The van der Waals surface area contributed by atoms with Crippen molar-refractivity contribution < 1.29 is 13.2 Å². The summed E-state index contributed by atoms with van der Waals surface area (Å²) < 4.78 is 39.3. The Bertz CT molecular complexity index is 853. The average Bonchev–Trinajstić information content (AvgIpc) is 2.71. The molecule has 3 rings (SSSR count). The summed E-state index contributed by atoms with van der Waals surface area (Å²) in [6.45, 7) is 2.20. The fraction of sp³-hybridized carbons (Fsp3) is 0.360. The third-order valence-corrected chi connectivity index (χ3v) is 5.41. The zero-order valence-electron chi connectivity index (χ0n) is 16.2. The summed E-state index contributed by atoms with van der Waals surface area (Å²) in [7, 11) is 0. The van der Waals surface area contributed by atoms with Crippen LogP contribution in [0.4, 0.5) is 13.2 Å². The molecule has 0 aliphatic heterocycles. The summed E-state index contributed by atoms with van der Waals surface area (Å²) in [4.78, 5) is 0. The van der Waals surface area contributed by atoms with Crippen molar-refractivity contribution in [1.82, 2.24) is 0 Å². The van der Waals surface area contributed by atoms with E-state index in [0.717, 1.165) is 44.2 Å². The number of rotatable bonds is 4. The number of benzene rings is 2. The highest BCUT2D eigenvalue weighted by Gasteiger charge is 2.20. The summed E-state index contributed by atoms with van der Waals surface area (Å²) in [6, 6.07) is 10.9. The first-order chi connectivity index (χ1) is 13.6. The maximum Gasteiger partial charge on any atom is 0.194 e. The molecular formula is C25H25F3. The lowest BCUT2D eigenvalue weighted by molar-refractivity contribution is 0.376. The van der Waals surface area contributed by atoms with Crippen LogP contribution in [-0.2, 0) is 6.42 Å². The Hall–Kier alpha value is -2.47. The number of allylic oxidation sites excluding steroid dienone is 2. The van der Waals surface area contributed by atoms with Crippen LogP contribution in [0.1, 0.15) is 61.6 Å². The van der Waals surface area contributed by atoms with Gasteiger partial charge in [-0.05, 0) is 73.3 Å². The van der Waals surface area contributed by atoms with Crippen LogP contribution in [0, 0.1) is 35.2 Å². The lowest BCUT2D eigenvalue weighted by Gasteiger charge is -2.27. The Kier molecular flexibility index (Phi) is 6.98. The maximum atomic E-state index is 13.2. The first kappa shape index (κ1) is 20.3. The van der Waals surface area contributed by atoms with Gasteiger partial charge in [-0.3, -0.25) is 0 Å². The molecule has 3 heteroatoms. The highest BCUT2D eigenvalue weighted by molar-refractivity contribution is 5.38. The molecule has 0 radical (unpaired) electrons. The number of aryl methyl sites for hydroxylation is 1. The molecule has 146 valence electrons. The SMILES string of the molecule is CCCc1ccc(C2CCC(C=CC#Cc3cc(F)c(F)c(F)c3)CC2)cc1. The molecule has 0 amide bonds. The van der Waals surface area contributed by atoms with E-state index in [1.54, 1.807) is 6.08 Å². The van der Waals surface area contributed by atoms with Gasteiger partial charge in [-0.2, -0.15) is 0 Å². The third kappa shape index (κ3) is 5.29. The van der Waals surface area contributed by atoms with Gasteiger partial charge >= 0.3 is 0 Å². The van der Waals surface area contributed by atoms with E-state index in [4.69, 9.17) is 0 Å². The summed E-state index contributed by atoms with van der Waals surface area (Å²) in [6.07, 6.45) is 10.7. The molecule has 1 aliphatic rings. The topological polar surface area (TPSA) is 0 Å². The first-order valence-electron chi connectivity index (χ1n) is 9.98. The molecule has 0 bridgehead atoms. The van der Waals surface area contributed by atoms with Gasteiger partial charge in [-0.25, -0.2) is 13.2 Å². The monoisotopic (exact) mass is 382 g/mol. The Balaban J connectivity index is 1.52. The Morgan fingerprint density at radius 2 is 1.61 bits per heavy atom. The normalized spacial score (nSPS) is 19.4. The van der Waals surface area contributed by atoms with Crippen LogP contribution in [0.25, 0.3) is 0 Å². The van der Waals surface area contributed by atoms with Gasteiger partial charge in [0.05, 0.1) is 0 Å². The minimum Gasteiger partial charge on any atom is -0.204 e. The van der Waals surface area contributed by atoms with E-state index in [1.165, 1.54) is 17.5 Å². The van der Waals surface area contributed by atoms with Gasteiger partial charge in [0.2, 0.25) is 0 Å². The Morgan fingerprint density at radius 1 is 0.964 bits per heavy atom. The first-order valence-corrected chi connectivity index (χ1v) is 9.98. The van der Waals surface area contributed by atoms with Gasteiger partial charge in [0.1, 0.15) is 0 Å². The molecule has 2 aromatic rings. The lowest BCUT2D eigenvalue weighted by atomic mass is 9.78. The molecular weight excluding hydrogens is 357 g/mol. The van der Waals surface area contributed by atoms with Crippen LogP contribution in [0.3, 0.4) is 0 Å². The molecule has 0 N–H and O–H groups in total. The Morgan fingerprint density at radius 3 is 2.21 bits per heavy atom. The predicted molar refractivity (Wildman–Crippen MR) is 107 cm³/mol. The third-order valence-electron chi connectivity index (χ3n) is 5.41. The fourth-order valence-corrected chi connectivity index (χ4v) is 3.83. The molecule has 0 atom stereocenters. The summed E-state index contributed by atoms with van der Waals surface area (Å²) in [5.41, 5.74) is 2.97. The van der Waals surface area contributed by atoms with Crippen LogP contribution in [-0.4, -0.2) is 0 Å². The van der Waals surface area contributed by atoms with Crippen LogP contribution in [0.15, 0.2) is 48.6 Å². The molecule has 0 spiro atoms. The van der Waals surface area contributed by atoms with Crippen molar-refractivity contribution in [3.8, 4) is 11.8 Å². The van der Waals surface area contributed by atoms with E-state index in [0.29, 0.717) is 11.8 Å². The molecule has 0 heterocycles. The van der Waals surface area contributed by atoms with Crippen LogP contribution in [0.5, 0.6) is 0 Å². The molecule has 28 heavy (non-hydrogen) atoms. The largest absolute Gasteiger partial charge is 0.204 e. The maximum absolute atomic E-state index is 13.2. The lowest BCUT2D eigenvalue weighted by Crippen LogP contribution is -2.11. The second-order valence-corrected chi connectivity index (χ2v) is 7.49. The van der Waals surface area contributed by atoms with Crippen molar-refractivity contribution in [3.05, 3.63) is 82.7 Å². The van der Waals surface area contributed by atoms with Crippen molar-refractivity contribution in [2.75, 3.05) is 0 Å². The highest BCUT2D eigenvalue weighted by atomic mass is 19.2. The molecule has 1 fully saturated rings. The van der Waals surface area contributed by atoms with Crippen LogP contribution >= 0.6 is 0 Å². The van der Waals surface area contributed by atoms with Crippen LogP contribution in [0.2, 0.25) is 0 Å². The van der Waals surface area contributed by atoms with Crippen molar-refractivity contribution in [1.29, 1.82) is 0 Å². The quantitative estimate of drug-likeness (QED) is 0.397. The minimum absolute atomic E-state index is 0.135. The summed E-state index contributed by atoms with van der Waals surface area (Å²) in [5.74, 6) is 2.67. The summed E-state index contributed by atoms with van der Waals surface area (Å²) >= 11 is 0. The van der Waals surface area contributed by atoms with E-state index in [9.17, 15) is 13.2 Å². The van der Waals surface area contributed by atoms with Gasteiger partial charge in [-0.15, -0.1) is 0 Å². The van der Waals surface area contributed by atoms with E-state index in [1.807, 2.05) is 0 Å². The van der Waals surface area contributed by atoms with Gasteiger partial charge in [0.15, 0.2) is 17.5 Å². The van der Waals surface area contributed by atoms with Crippen molar-refractivity contribution in [2.45, 2.75) is 51.4 Å². The standard InChI is InChI=1S/C25H25F3/c1-2-5-18-8-12-21(13-9-18)22-14-10-19(11-15-22)6-3-4-7-20-16-23(26)25(28)24(27)17-20/h3,6,8-9,12-13,16-17,19,22H,2,5,10-11,14-15H2,1H3.